The highest BCUT2D eigenvalue weighted by atomic mass is 16.7. The molecular formula is C8H6N2O7. The zero-order valence-corrected chi connectivity index (χ0v) is 8.48. The van der Waals surface area contributed by atoms with Crippen molar-refractivity contribution in [2.24, 2.45) is 0 Å². The molecule has 0 aromatic heterocycles. The van der Waals surface area contributed by atoms with Gasteiger partial charge in [0.25, 0.3) is 5.69 Å². The maximum absolute atomic E-state index is 10.8. The molecule has 0 saturated carbocycles. The molecule has 0 aliphatic rings. The number of carbonyl (C=O) groups is 1. The van der Waals surface area contributed by atoms with Crippen molar-refractivity contribution in [1.29, 1.82) is 0 Å². The molecular weight excluding hydrogens is 236 g/mol. The Morgan fingerprint density at radius 3 is 2.35 bits per heavy atom. The Morgan fingerprint density at radius 2 is 1.88 bits per heavy atom. The first-order chi connectivity index (χ1) is 7.95. The summed E-state index contributed by atoms with van der Waals surface area (Å²) in [6, 6.07) is 2.62. The normalized spacial score (nSPS) is 9.47. The number of carbonyl (C=O) groups excluding carboxylic acids is 1. The van der Waals surface area contributed by atoms with Crippen molar-refractivity contribution in [2.45, 2.75) is 0 Å². The lowest BCUT2D eigenvalue weighted by molar-refractivity contribution is -0.394. The van der Waals surface area contributed by atoms with Crippen LogP contribution in [-0.4, -0.2) is 23.1 Å². The van der Waals surface area contributed by atoms with Gasteiger partial charge >= 0.3 is 11.8 Å². The maximum Gasteiger partial charge on any atom is 0.513 e. The van der Waals surface area contributed by atoms with Crippen LogP contribution in [0.15, 0.2) is 18.2 Å². The smallest absolute Gasteiger partial charge is 0.437 e. The van der Waals surface area contributed by atoms with Crippen LogP contribution in [0.25, 0.3) is 0 Å². The van der Waals surface area contributed by atoms with Crippen LogP contribution in [0.5, 0.6) is 5.75 Å². The van der Waals surface area contributed by atoms with Gasteiger partial charge in [-0.15, -0.1) is 0 Å². The van der Waals surface area contributed by atoms with Gasteiger partial charge in [0.15, 0.2) is 0 Å². The van der Waals surface area contributed by atoms with Gasteiger partial charge in [0.2, 0.25) is 5.75 Å². The molecule has 0 heterocycles. The van der Waals surface area contributed by atoms with E-state index in [4.69, 9.17) is 0 Å². The molecule has 0 spiro atoms. The number of nitrogens with zero attached hydrogens (tertiary/aromatic N) is 2. The van der Waals surface area contributed by atoms with Gasteiger partial charge in [-0.1, -0.05) is 0 Å². The van der Waals surface area contributed by atoms with Gasteiger partial charge in [-0.2, -0.15) is 0 Å². The van der Waals surface area contributed by atoms with Crippen LogP contribution in [0.4, 0.5) is 16.2 Å². The minimum absolute atomic E-state index is 0.424. The van der Waals surface area contributed by atoms with Crippen LogP contribution in [0, 0.1) is 20.2 Å². The highest BCUT2D eigenvalue weighted by molar-refractivity contribution is 5.67. The third-order valence-corrected chi connectivity index (χ3v) is 1.71. The Labute approximate surface area is 93.9 Å². The van der Waals surface area contributed by atoms with Crippen molar-refractivity contribution >= 4 is 17.5 Å². The predicted molar refractivity (Wildman–Crippen MR) is 52.8 cm³/mol. The lowest BCUT2D eigenvalue weighted by Gasteiger charge is -2.02. The number of benzene rings is 1. The number of hydrogen-bond donors (Lipinski definition) is 0. The molecule has 0 atom stereocenters. The first-order valence-corrected chi connectivity index (χ1v) is 4.14. The summed E-state index contributed by atoms with van der Waals surface area (Å²) in [5.74, 6) is -0.424. The summed E-state index contributed by atoms with van der Waals surface area (Å²) >= 11 is 0. The lowest BCUT2D eigenvalue weighted by Crippen LogP contribution is -2.08. The molecule has 0 saturated heterocycles. The topological polar surface area (TPSA) is 122 Å². The van der Waals surface area contributed by atoms with Gasteiger partial charge in [-0.05, 0) is 6.07 Å². The van der Waals surface area contributed by atoms with E-state index in [-0.39, 0.29) is 0 Å². The SMILES string of the molecule is COC(=O)Oc1ccc([N+](=O)[O-])cc1[N+](=O)[O-]. The fourth-order valence-corrected chi connectivity index (χ4v) is 0.980. The van der Waals surface area contributed by atoms with Crippen molar-refractivity contribution < 1.29 is 24.1 Å². The second-order valence-corrected chi connectivity index (χ2v) is 2.72. The molecule has 1 aromatic rings. The quantitative estimate of drug-likeness (QED) is 0.341. The molecule has 0 fully saturated rings. The molecule has 9 nitrogen and oxygen atoms in total. The molecule has 90 valence electrons. The largest absolute Gasteiger partial charge is 0.513 e. The van der Waals surface area contributed by atoms with Gasteiger partial charge in [0.1, 0.15) is 0 Å². The second-order valence-electron chi connectivity index (χ2n) is 2.72. The maximum atomic E-state index is 10.8. The average molecular weight is 242 g/mol. The Hall–Kier alpha value is -2.71. The number of methoxy groups -OCH3 is 1. The molecule has 1 aromatic carbocycles. The summed E-state index contributed by atoms with van der Waals surface area (Å²) in [7, 11) is 1.03. The number of nitro groups is 2. The summed E-state index contributed by atoms with van der Waals surface area (Å²) in [6.07, 6.45) is -1.15. The summed E-state index contributed by atoms with van der Waals surface area (Å²) in [5, 5.41) is 21.0. The summed E-state index contributed by atoms with van der Waals surface area (Å²) in [6.45, 7) is 0. The summed E-state index contributed by atoms with van der Waals surface area (Å²) in [4.78, 5) is 30.1. The second kappa shape index (κ2) is 4.88. The molecule has 0 N–H and O–H groups in total. The molecule has 0 radical (unpaired) electrons. The van der Waals surface area contributed by atoms with Crippen molar-refractivity contribution in [3.63, 3.8) is 0 Å². The third-order valence-electron chi connectivity index (χ3n) is 1.71. The number of hydrogen-bond acceptors (Lipinski definition) is 7. The van der Waals surface area contributed by atoms with E-state index in [1.54, 1.807) is 0 Å². The standard InChI is InChI=1S/C8H6N2O7/c1-16-8(11)17-7-3-2-5(9(12)13)4-6(7)10(14)15/h2-4H,1H3. The highest BCUT2D eigenvalue weighted by Crippen LogP contribution is 2.31. The summed E-state index contributed by atoms with van der Waals surface area (Å²) in [5.41, 5.74) is -1.17. The molecule has 0 bridgehead atoms. The molecule has 0 unspecified atom stereocenters. The van der Waals surface area contributed by atoms with Crippen LogP contribution in [-0.2, 0) is 4.74 Å². The molecule has 0 amide bonds. The molecule has 1 rings (SSSR count). The lowest BCUT2D eigenvalue weighted by atomic mass is 10.2. The van der Waals surface area contributed by atoms with Crippen LogP contribution in [0.1, 0.15) is 0 Å². The number of non-ortho nitro benzene ring substituents is 1. The van der Waals surface area contributed by atoms with E-state index < -0.39 is 33.1 Å². The van der Waals surface area contributed by atoms with Crippen LogP contribution < -0.4 is 4.74 Å². The van der Waals surface area contributed by atoms with Crippen molar-refractivity contribution in [3.8, 4) is 5.75 Å². The Balaban J connectivity index is 3.17. The Morgan fingerprint density at radius 1 is 1.24 bits per heavy atom. The van der Waals surface area contributed by atoms with E-state index in [0.29, 0.717) is 6.07 Å². The number of ether oxygens (including phenoxy) is 2. The average Bonchev–Trinajstić information content (AvgIpc) is 2.28. The fourth-order valence-electron chi connectivity index (χ4n) is 0.980. The first kappa shape index (κ1) is 12.4. The third kappa shape index (κ3) is 2.87. The molecule has 9 heteroatoms. The van der Waals surface area contributed by atoms with Crippen LogP contribution >= 0.6 is 0 Å². The van der Waals surface area contributed by atoms with Gasteiger partial charge in [-0.25, -0.2) is 4.79 Å². The van der Waals surface area contributed by atoms with Crippen molar-refractivity contribution in [2.75, 3.05) is 7.11 Å². The van der Waals surface area contributed by atoms with Gasteiger partial charge in [-0.3, -0.25) is 20.2 Å². The number of rotatable bonds is 3. The van der Waals surface area contributed by atoms with E-state index in [0.717, 1.165) is 19.2 Å². The van der Waals surface area contributed by atoms with Crippen molar-refractivity contribution in [3.05, 3.63) is 38.4 Å². The van der Waals surface area contributed by atoms with E-state index in [9.17, 15) is 25.0 Å². The minimum atomic E-state index is -1.15. The Kier molecular flexibility index (Phi) is 3.55. The zero-order chi connectivity index (χ0) is 13.0. The van der Waals surface area contributed by atoms with Crippen molar-refractivity contribution in [1.82, 2.24) is 0 Å². The van der Waals surface area contributed by atoms with E-state index in [2.05, 4.69) is 9.47 Å². The van der Waals surface area contributed by atoms with E-state index >= 15 is 0 Å². The molecule has 0 aliphatic heterocycles. The van der Waals surface area contributed by atoms with Crippen LogP contribution in [0.2, 0.25) is 0 Å². The van der Waals surface area contributed by atoms with Gasteiger partial charge in [0, 0.05) is 6.07 Å². The first-order valence-electron chi connectivity index (χ1n) is 4.14. The zero-order valence-electron chi connectivity index (χ0n) is 8.48. The molecule has 17 heavy (non-hydrogen) atoms. The van der Waals surface area contributed by atoms with Crippen LogP contribution in [0.3, 0.4) is 0 Å². The fraction of sp³-hybridized carbons (Fsp3) is 0.125. The highest BCUT2D eigenvalue weighted by Gasteiger charge is 2.22. The van der Waals surface area contributed by atoms with Gasteiger partial charge in [0.05, 0.1) is 23.0 Å². The van der Waals surface area contributed by atoms with E-state index in [1.807, 2.05) is 0 Å². The summed E-state index contributed by atoms with van der Waals surface area (Å²) < 4.78 is 8.61. The predicted octanol–water partition coefficient (Wildman–Crippen LogP) is 1.65. The van der Waals surface area contributed by atoms with Gasteiger partial charge < -0.3 is 9.47 Å². The minimum Gasteiger partial charge on any atom is -0.437 e. The number of nitro benzene ring substituents is 2. The monoisotopic (exact) mass is 242 g/mol. The Bertz CT molecular complexity index is 485. The molecule has 0 aliphatic carbocycles. The van der Waals surface area contributed by atoms with E-state index in [1.165, 1.54) is 0 Å².